The van der Waals surface area contributed by atoms with E-state index in [0.29, 0.717) is 17.2 Å². The molecule has 88 valence electrons. The van der Waals surface area contributed by atoms with Crippen LogP contribution in [0.25, 0.3) is 0 Å². The summed E-state index contributed by atoms with van der Waals surface area (Å²) in [7, 11) is 0. The van der Waals surface area contributed by atoms with Crippen LogP contribution in [0, 0.1) is 0 Å². The van der Waals surface area contributed by atoms with E-state index in [2.05, 4.69) is 29.8 Å². The molecular formula is C13H19ClN2. The van der Waals surface area contributed by atoms with Crippen LogP contribution < -0.4 is 0 Å². The van der Waals surface area contributed by atoms with Crippen molar-refractivity contribution in [3.63, 3.8) is 0 Å². The highest BCUT2D eigenvalue weighted by molar-refractivity contribution is 6.30. The molecule has 0 aromatic carbocycles. The number of nitrogens with zero attached hydrogens (tertiary/aromatic N) is 2. The Morgan fingerprint density at radius 1 is 1.44 bits per heavy atom. The molecule has 3 heteroatoms. The number of halogens is 1. The summed E-state index contributed by atoms with van der Waals surface area (Å²) in [6, 6.07) is 5.12. The smallest absolute Gasteiger partial charge is 0.133 e. The third-order valence-electron chi connectivity index (χ3n) is 3.35. The zero-order valence-corrected chi connectivity index (χ0v) is 10.7. The molecule has 0 N–H and O–H groups in total. The minimum absolute atomic E-state index is 0.454. The highest BCUT2D eigenvalue weighted by atomic mass is 35.5. The fraction of sp³-hybridized carbons (Fsp3) is 0.615. The van der Waals surface area contributed by atoms with Crippen LogP contribution in [0.5, 0.6) is 0 Å². The van der Waals surface area contributed by atoms with Crippen LogP contribution in [-0.2, 0) is 0 Å². The fourth-order valence-corrected chi connectivity index (χ4v) is 2.80. The molecule has 0 bridgehead atoms. The van der Waals surface area contributed by atoms with Crippen molar-refractivity contribution in [1.29, 1.82) is 0 Å². The van der Waals surface area contributed by atoms with Crippen LogP contribution in [0.4, 0.5) is 0 Å². The summed E-state index contributed by atoms with van der Waals surface area (Å²) in [4.78, 5) is 6.72. The van der Waals surface area contributed by atoms with Crippen molar-refractivity contribution in [2.75, 3.05) is 6.54 Å². The number of aromatic nitrogens is 1. The summed E-state index contributed by atoms with van der Waals surface area (Å²) < 4.78 is 0. The van der Waals surface area contributed by atoms with Crippen molar-refractivity contribution in [3.8, 4) is 0 Å². The van der Waals surface area contributed by atoms with E-state index in [1.54, 1.807) is 6.20 Å². The molecule has 2 rings (SSSR count). The molecule has 2 heterocycles. The van der Waals surface area contributed by atoms with Crippen LogP contribution in [0.1, 0.15) is 44.7 Å². The van der Waals surface area contributed by atoms with Gasteiger partial charge in [-0.2, -0.15) is 0 Å². The molecule has 0 aliphatic carbocycles. The highest BCUT2D eigenvalue weighted by Crippen LogP contribution is 2.34. The Bertz CT molecular complexity index is 352. The SMILES string of the molecule is CC(C)N1CCCC[C@@H]1c1cccnc1Cl. The zero-order chi connectivity index (χ0) is 11.5. The van der Waals surface area contributed by atoms with Gasteiger partial charge >= 0.3 is 0 Å². The Balaban J connectivity index is 2.27. The standard InChI is InChI=1S/C13H19ClN2/c1-10(2)16-9-4-3-7-12(16)11-6-5-8-15-13(11)14/h5-6,8,10,12H,3-4,7,9H2,1-2H3/t12-/m1/s1. The van der Waals surface area contributed by atoms with E-state index in [4.69, 9.17) is 11.6 Å². The Hall–Kier alpha value is -0.600. The quantitative estimate of drug-likeness (QED) is 0.731. The lowest BCUT2D eigenvalue weighted by Gasteiger charge is -2.39. The summed E-state index contributed by atoms with van der Waals surface area (Å²) in [6.45, 7) is 5.68. The first-order chi connectivity index (χ1) is 7.70. The van der Waals surface area contributed by atoms with Crippen molar-refractivity contribution >= 4 is 11.6 Å². The number of rotatable bonds is 2. The van der Waals surface area contributed by atoms with Crippen molar-refractivity contribution < 1.29 is 0 Å². The number of pyridine rings is 1. The second-order valence-corrected chi connectivity index (χ2v) is 5.08. The van der Waals surface area contributed by atoms with Crippen molar-refractivity contribution in [3.05, 3.63) is 29.0 Å². The Labute approximate surface area is 103 Å². The molecule has 1 aliphatic heterocycles. The predicted molar refractivity (Wildman–Crippen MR) is 67.7 cm³/mol. The van der Waals surface area contributed by atoms with Gasteiger partial charge in [-0.1, -0.05) is 24.1 Å². The van der Waals surface area contributed by atoms with Crippen molar-refractivity contribution in [2.24, 2.45) is 0 Å². The maximum absolute atomic E-state index is 6.19. The van der Waals surface area contributed by atoms with E-state index in [1.165, 1.54) is 31.4 Å². The Morgan fingerprint density at radius 2 is 2.25 bits per heavy atom. The lowest BCUT2D eigenvalue weighted by Crippen LogP contribution is -2.38. The van der Waals surface area contributed by atoms with Crippen LogP contribution in [0.15, 0.2) is 18.3 Å². The summed E-state index contributed by atoms with van der Waals surface area (Å²) in [5.74, 6) is 0. The summed E-state index contributed by atoms with van der Waals surface area (Å²) >= 11 is 6.19. The Kier molecular flexibility index (Phi) is 3.82. The number of likely N-dealkylation sites (tertiary alicyclic amines) is 1. The maximum Gasteiger partial charge on any atom is 0.133 e. The lowest BCUT2D eigenvalue weighted by molar-refractivity contribution is 0.112. The number of hydrogen-bond acceptors (Lipinski definition) is 2. The first-order valence-electron chi connectivity index (χ1n) is 6.06. The molecule has 16 heavy (non-hydrogen) atoms. The second kappa shape index (κ2) is 5.15. The molecule has 1 aromatic heterocycles. The van der Waals surface area contributed by atoms with E-state index < -0.39 is 0 Å². The van der Waals surface area contributed by atoms with E-state index in [1.807, 2.05) is 6.07 Å². The van der Waals surface area contributed by atoms with Crippen LogP contribution in [0.3, 0.4) is 0 Å². The summed E-state index contributed by atoms with van der Waals surface area (Å²) in [5.41, 5.74) is 1.19. The first kappa shape index (κ1) is 11.9. The molecular weight excluding hydrogens is 220 g/mol. The van der Waals surface area contributed by atoms with Crippen molar-refractivity contribution in [2.45, 2.75) is 45.2 Å². The molecule has 0 saturated carbocycles. The van der Waals surface area contributed by atoms with Crippen LogP contribution in [-0.4, -0.2) is 22.5 Å². The monoisotopic (exact) mass is 238 g/mol. The van der Waals surface area contributed by atoms with E-state index >= 15 is 0 Å². The van der Waals surface area contributed by atoms with Gasteiger partial charge in [0.1, 0.15) is 5.15 Å². The second-order valence-electron chi connectivity index (χ2n) is 4.73. The normalized spacial score (nSPS) is 22.6. The van der Waals surface area contributed by atoms with Gasteiger partial charge in [-0.05, 0) is 39.3 Å². The predicted octanol–water partition coefficient (Wildman–Crippen LogP) is 3.67. The number of piperidine rings is 1. The van der Waals surface area contributed by atoms with Gasteiger partial charge in [0.2, 0.25) is 0 Å². The van der Waals surface area contributed by atoms with Gasteiger partial charge in [-0.15, -0.1) is 0 Å². The third-order valence-corrected chi connectivity index (χ3v) is 3.67. The third kappa shape index (κ3) is 2.38. The van der Waals surface area contributed by atoms with Gasteiger partial charge in [0, 0.05) is 23.8 Å². The average molecular weight is 239 g/mol. The lowest BCUT2D eigenvalue weighted by atomic mass is 9.95. The van der Waals surface area contributed by atoms with Crippen LogP contribution in [0.2, 0.25) is 5.15 Å². The Morgan fingerprint density at radius 3 is 2.94 bits per heavy atom. The van der Waals surface area contributed by atoms with Gasteiger partial charge in [-0.3, -0.25) is 4.90 Å². The molecule has 1 fully saturated rings. The molecule has 1 aliphatic rings. The summed E-state index contributed by atoms with van der Waals surface area (Å²) in [5, 5.41) is 0.667. The first-order valence-corrected chi connectivity index (χ1v) is 6.44. The number of hydrogen-bond donors (Lipinski definition) is 0. The minimum atomic E-state index is 0.454. The maximum atomic E-state index is 6.19. The van der Waals surface area contributed by atoms with Crippen molar-refractivity contribution in [1.82, 2.24) is 9.88 Å². The largest absolute Gasteiger partial charge is 0.294 e. The topological polar surface area (TPSA) is 16.1 Å². The summed E-state index contributed by atoms with van der Waals surface area (Å²) in [6.07, 6.45) is 5.55. The van der Waals surface area contributed by atoms with Gasteiger partial charge in [0.25, 0.3) is 0 Å². The molecule has 0 radical (unpaired) electrons. The van der Waals surface area contributed by atoms with E-state index in [0.717, 1.165) is 0 Å². The molecule has 1 atom stereocenters. The highest BCUT2D eigenvalue weighted by Gasteiger charge is 2.27. The van der Waals surface area contributed by atoms with Gasteiger partial charge < -0.3 is 0 Å². The molecule has 0 unspecified atom stereocenters. The molecule has 0 spiro atoms. The van der Waals surface area contributed by atoms with Crippen LogP contribution >= 0.6 is 11.6 Å². The van der Waals surface area contributed by atoms with Gasteiger partial charge in [0.05, 0.1) is 0 Å². The molecule has 1 aromatic rings. The minimum Gasteiger partial charge on any atom is -0.294 e. The molecule has 0 amide bonds. The molecule has 1 saturated heterocycles. The van der Waals surface area contributed by atoms with Gasteiger partial charge in [0.15, 0.2) is 0 Å². The van der Waals surface area contributed by atoms with E-state index in [-0.39, 0.29) is 0 Å². The average Bonchev–Trinajstić information content (AvgIpc) is 2.29. The van der Waals surface area contributed by atoms with Gasteiger partial charge in [-0.25, -0.2) is 4.98 Å². The molecule has 2 nitrogen and oxygen atoms in total. The van der Waals surface area contributed by atoms with E-state index in [9.17, 15) is 0 Å². The fourth-order valence-electron chi connectivity index (χ4n) is 2.55. The zero-order valence-electron chi connectivity index (χ0n) is 9.99.